The smallest absolute Gasteiger partial charge is 0.173 e. The van der Waals surface area contributed by atoms with E-state index in [4.69, 9.17) is 4.74 Å². The van der Waals surface area contributed by atoms with Crippen molar-refractivity contribution in [3.05, 3.63) is 53.3 Å². The van der Waals surface area contributed by atoms with Gasteiger partial charge in [0.25, 0.3) is 0 Å². The molecule has 21 heavy (non-hydrogen) atoms. The average Bonchev–Trinajstić information content (AvgIpc) is 2.49. The number of aliphatic hydroxyl groups is 1. The normalized spacial score (nSPS) is 12.2. The van der Waals surface area contributed by atoms with Crippen molar-refractivity contribution < 1.29 is 14.2 Å². The molecule has 0 radical (unpaired) electrons. The second-order valence-electron chi connectivity index (χ2n) is 5.25. The van der Waals surface area contributed by atoms with Gasteiger partial charge in [0, 0.05) is 12.0 Å². The lowest BCUT2D eigenvalue weighted by atomic mass is 9.98. The molecule has 0 saturated heterocycles. The SMILES string of the molecule is CCC(O)Cc1ccc(-c2ccc(C)cc2)c(F)c1OC. The van der Waals surface area contributed by atoms with Crippen LogP contribution in [0, 0.1) is 12.7 Å². The predicted octanol–water partition coefficient (Wildman–Crippen LogP) is 4.12. The quantitative estimate of drug-likeness (QED) is 0.896. The lowest BCUT2D eigenvalue weighted by Crippen LogP contribution is -2.10. The van der Waals surface area contributed by atoms with Crippen molar-refractivity contribution in [3.63, 3.8) is 0 Å². The zero-order valence-electron chi connectivity index (χ0n) is 12.7. The largest absolute Gasteiger partial charge is 0.493 e. The van der Waals surface area contributed by atoms with E-state index < -0.39 is 6.10 Å². The van der Waals surface area contributed by atoms with Gasteiger partial charge in [0.2, 0.25) is 0 Å². The van der Waals surface area contributed by atoms with Crippen molar-refractivity contribution in [1.29, 1.82) is 0 Å². The van der Waals surface area contributed by atoms with Crippen molar-refractivity contribution in [1.82, 2.24) is 0 Å². The molecule has 2 rings (SSSR count). The van der Waals surface area contributed by atoms with Gasteiger partial charge in [-0.25, -0.2) is 4.39 Å². The van der Waals surface area contributed by atoms with Crippen LogP contribution in [0.2, 0.25) is 0 Å². The molecule has 0 fully saturated rings. The fourth-order valence-electron chi connectivity index (χ4n) is 2.33. The van der Waals surface area contributed by atoms with E-state index >= 15 is 0 Å². The van der Waals surface area contributed by atoms with Crippen molar-refractivity contribution in [2.75, 3.05) is 7.11 Å². The molecule has 3 heteroatoms. The Kier molecular flexibility index (Phi) is 4.97. The number of methoxy groups -OCH3 is 1. The summed E-state index contributed by atoms with van der Waals surface area (Å²) in [5.74, 6) is -0.150. The lowest BCUT2D eigenvalue weighted by Gasteiger charge is -2.15. The molecular formula is C18H21FO2. The first-order valence-corrected chi connectivity index (χ1v) is 7.17. The zero-order chi connectivity index (χ0) is 15.4. The predicted molar refractivity (Wildman–Crippen MR) is 83.1 cm³/mol. The Labute approximate surface area is 125 Å². The Morgan fingerprint density at radius 2 is 1.81 bits per heavy atom. The van der Waals surface area contributed by atoms with E-state index in [1.807, 2.05) is 44.2 Å². The lowest BCUT2D eigenvalue weighted by molar-refractivity contribution is 0.169. The van der Waals surface area contributed by atoms with Crippen molar-refractivity contribution >= 4 is 0 Å². The highest BCUT2D eigenvalue weighted by Gasteiger charge is 2.17. The molecule has 2 aromatic rings. The third-order valence-electron chi connectivity index (χ3n) is 3.67. The Hall–Kier alpha value is -1.87. The summed E-state index contributed by atoms with van der Waals surface area (Å²) in [6, 6.07) is 11.3. The second kappa shape index (κ2) is 6.72. The van der Waals surface area contributed by atoms with Gasteiger partial charge in [-0.15, -0.1) is 0 Å². The molecule has 1 unspecified atom stereocenters. The van der Waals surface area contributed by atoms with Crippen LogP contribution in [0.15, 0.2) is 36.4 Å². The van der Waals surface area contributed by atoms with Crippen LogP contribution >= 0.6 is 0 Å². The van der Waals surface area contributed by atoms with Gasteiger partial charge in [0.15, 0.2) is 11.6 Å². The monoisotopic (exact) mass is 288 g/mol. The summed E-state index contributed by atoms with van der Waals surface area (Å²) in [5, 5.41) is 9.76. The maximum Gasteiger partial charge on any atom is 0.173 e. The number of halogens is 1. The fourth-order valence-corrected chi connectivity index (χ4v) is 2.33. The molecule has 1 atom stereocenters. The summed E-state index contributed by atoms with van der Waals surface area (Å²) < 4.78 is 19.9. The van der Waals surface area contributed by atoms with Crippen LogP contribution in [0.1, 0.15) is 24.5 Å². The second-order valence-corrected chi connectivity index (χ2v) is 5.25. The maximum atomic E-state index is 14.7. The molecule has 0 aliphatic carbocycles. The molecule has 0 aromatic heterocycles. The molecule has 2 aromatic carbocycles. The van der Waals surface area contributed by atoms with Gasteiger partial charge < -0.3 is 9.84 Å². The van der Waals surface area contributed by atoms with Crippen LogP contribution in [-0.4, -0.2) is 18.3 Å². The highest BCUT2D eigenvalue weighted by Crippen LogP contribution is 2.33. The van der Waals surface area contributed by atoms with Crippen molar-refractivity contribution in [2.24, 2.45) is 0 Å². The number of hydrogen-bond donors (Lipinski definition) is 1. The van der Waals surface area contributed by atoms with E-state index in [1.54, 1.807) is 6.07 Å². The van der Waals surface area contributed by atoms with Crippen LogP contribution in [0.3, 0.4) is 0 Å². The van der Waals surface area contributed by atoms with E-state index in [-0.39, 0.29) is 11.6 Å². The van der Waals surface area contributed by atoms with E-state index in [9.17, 15) is 9.50 Å². The highest BCUT2D eigenvalue weighted by molar-refractivity contribution is 5.67. The van der Waals surface area contributed by atoms with Gasteiger partial charge in [-0.1, -0.05) is 48.9 Å². The molecule has 0 amide bonds. The first-order valence-electron chi connectivity index (χ1n) is 7.17. The summed E-state index contributed by atoms with van der Waals surface area (Å²) in [7, 11) is 1.46. The Bertz CT molecular complexity index is 605. The topological polar surface area (TPSA) is 29.5 Å². The highest BCUT2D eigenvalue weighted by atomic mass is 19.1. The molecular weight excluding hydrogens is 267 g/mol. The molecule has 2 nitrogen and oxygen atoms in total. The van der Waals surface area contributed by atoms with Gasteiger partial charge in [0.1, 0.15) is 0 Å². The number of aliphatic hydroxyl groups excluding tert-OH is 1. The first-order chi connectivity index (χ1) is 10.1. The average molecular weight is 288 g/mol. The Morgan fingerprint density at radius 3 is 2.38 bits per heavy atom. The Balaban J connectivity index is 2.43. The summed E-state index contributed by atoms with van der Waals surface area (Å²) in [6.07, 6.45) is 0.540. The Morgan fingerprint density at radius 1 is 1.14 bits per heavy atom. The van der Waals surface area contributed by atoms with E-state index in [1.165, 1.54) is 7.11 Å². The number of aryl methyl sites for hydroxylation is 1. The third kappa shape index (κ3) is 3.42. The van der Waals surface area contributed by atoms with Gasteiger partial charge >= 0.3 is 0 Å². The number of benzene rings is 2. The van der Waals surface area contributed by atoms with Crippen molar-refractivity contribution in [3.8, 4) is 16.9 Å². The molecule has 0 aliphatic heterocycles. The summed E-state index contributed by atoms with van der Waals surface area (Å²) >= 11 is 0. The van der Waals surface area contributed by atoms with Gasteiger partial charge in [-0.2, -0.15) is 0 Å². The number of rotatable bonds is 5. The summed E-state index contributed by atoms with van der Waals surface area (Å²) in [5.41, 5.74) is 3.16. The number of hydrogen-bond acceptors (Lipinski definition) is 2. The fraction of sp³-hybridized carbons (Fsp3) is 0.333. The van der Waals surface area contributed by atoms with Gasteiger partial charge in [0.05, 0.1) is 13.2 Å². The number of ether oxygens (including phenoxy) is 1. The molecule has 0 bridgehead atoms. The van der Waals surface area contributed by atoms with Gasteiger partial charge in [-0.05, 0) is 24.5 Å². The van der Waals surface area contributed by atoms with Crippen molar-refractivity contribution in [2.45, 2.75) is 32.8 Å². The third-order valence-corrected chi connectivity index (χ3v) is 3.67. The molecule has 0 heterocycles. The molecule has 0 saturated carbocycles. The minimum atomic E-state index is -0.483. The molecule has 0 spiro atoms. The molecule has 112 valence electrons. The van der Waals surface area contributed by atoms with E-state index in [0.29, 0.717) is 24.0 Å². The maximum absolute atomic E-state index is 14.7. The van der Waals surface area contributed by atoms with Crippen LogP contribution in [0.25, 0.3) is 11.1 Å². The van der Waals surface area contributed by atoms with Crippen LogP contribution in [0.4, 0.5) is 4.39 Å². The van der Waals surface area contributed by atoms with Crippen LogP contribution < -0.4 is 4.74 Å². The van der Waals surface area contributed by atoms with Crippen LogP contribution in [-0.2, 0) is 6.42 Å². The van der Waals surface area contributed by atoms with E-state index in [2.05, 4.69) is 0 Å². The molecule has 1 N–H and O–H groups in total. The van der Waals surface area contributed by atoms with Gasteiger partial charge in [-0.3, -0.25) is 0 Å². The first kappa shape index (κ1) is 15.5. The summed E-state index contributed by atoms with van der Waals surface area (Å²) in [4.78, 5) is 0. The van der Waals surface area contributed by atoms with Crippen LogP contribution in [0.5, 0.6) is 5.75 Å². The molecule has 0 aliphatic rings. The minimum absolute atomic E-state index is 0.223. The van der Waals surface area contributed by atoms with E-state index in [0.717, 1.165) is 11.1 Å². The summed E-state index contributed by atoms with van der Waals surface area (Å²) in [6.45, 7) is 3.89. The zero-order valence-corrected chi connectivity index (χ0v) is 12.7. The standard InChI is InChI=1S/C18H21FO2/c1-4-15(20)11-14-9-10-16(17(19)18(14)21-3)13-7-5-12(2)6-8-13/h5-10,15,20H,4,11H2,1-3H3. The minimum Gasteiger partial charge on any atom is -0.493 e.